The fourth-order valence-corrected chi connectivity index (χ4v) is 3.84. The van der Waals surface area contributed by atoms with Crippen LogP contribution in [0.4, 0.5) is 0 Å². The van der Waals surface area contributed by atoms with E-state index in [-0.39, 0.29) is 0 Å². The lowest BCUT2D eigenvalue weighted by atomic mass is 10.1. The van der Waals surface area contributed by atoms with E-state index in [1.165, 1.54) is 5.56 Å². The van der Waals surface area contributed by atoms with E-state index in [1.54, 1.807) is 7.05 Å². The molecule has 4 rings (SSSR count). The van der Waals surface area contributed by atoms with Crippen LogP contribution in [0.25, 0.3) is 0 Å². The second kappa shape index (κ2) is 11.1. The highest BCUT2D eigenvalue weighted by atomic mass is 16.5. The zero-order valence-electron chi connectivity index (χ0n) is 19.0. The van der Waals surface area contributed by atoms with Gasteiger partial charge in [0.05, 0.1) is 26.4 Å². The van der Waals surface area contributed by atoms with Crippen LogP contribution in [0.15, 0.2) is 41.4 Å². The Hall–Kier alpha value is -2.93. The number of hydrogen-bond donors (Lipinski definition) is 2. The summed E-state index contributed by atoms with van der Waals surface area (Å²) in [7, 11) is 1.77. The smallest absolute Gasteiger partial charge is 0.191 e. The number of hydrogen-bond acceptors (Lipinski definition) is 5. The highest BCUT2D eigenvalue weighted by molar-refractivity contribution is 5.79. The van der Waals surface area contributed by atoms with Gasteiger partial charge in [-0.1, -0.05) is 24.3 Å². The third-order valence-electron chi connectivity index (χ3n) is 5.69. The van der Waals surface area contributed by atoms with Crippen LogP contribution in [-0.2, 0) is 17.8 Å². The maximum Gasteiger partial charge on any atom is 0.191 e. The normalized spacial score (nSPS) is 18.2. The first kappa shape index (κ1) is 22.3. The second-order valence-corrected chi connectivity index (χ2v) is 8.23. The van der Waals surface area contributed by atoms with E-state index in [2.05, 4.69) is 40.7 Å². The van der Waals surface area contributed by atoms with E-state index in [4.69, 9.17) is 18.9 Å². The first-order chi connectivity index (χ1) is 15.7. The Balaban J connectivity index is 1.35. The molecule has 2 aliphatic rings. The molecule has 7 heteroatoms. The SMILES string of the molecule is CN=C(NCc1ccc(C)cc1OCC1CCOC1)NCc1cccc2c1OCCCO2. The van der Waals surface area contributed by atoms with Gasteiger partial charge < -0.3 is 29.6 Å². The van der Waals surface area contributed by atoms with Gasteiger partial charge in [-0.2, -0.15) is 0 Å². The lowest BCUT2D eigenvalue weighted by Crippen LogP contribution is -2.36. The van der Waals surface area contributed by atoms with Gasteiger partial charge in [-0.3, -0.25) is 4.99 Å². The van der Waals surface area contributed by atoms with Crippen molar-refractivity contribution in [2.45, 2.75) is 32.9 Å². The van der Waals surface area contributed by atoms with Gasteiger partial charge in [0.15, 0.2) is 17.5 Å². The summed E-state index contributed by atoms with van der Waals surface area (Å²) >= 11 is 0. The molecule has 2 aromatic rings. The largest absolute Gasteiger partial charge is 0.493 e. The van der Waals surface area contributed by atoms with Crippen molar-refractivity contribution in [2.75, 3.05) is 40.1 Å². The molecule has 1 unspecified atom stereocenters. The number of aliphatic imine (C=N–C) groups is 1. The minimum absolute atomic E-state index is 0.470. The molecule has 0 amide bonds. The van der Waals surface area contributed by atoms with Crippen LogP contribution in [0, 0.1) is 12.8 Å². The lowest BCUT2D eigenvalue weighted by molar-refractivity contribution is 0.166. The van der Waals surface area contributed by atoms with Crippen molar-refractivity contribution in [2.24, 2.45) is 10.9 Å². The van der Waals surface area contributed by atoms with Crippen LogP contribution in [0.5, 0.6) is 17.2 Å². The molecule has 0 radical (unpaired) electrons. The molecule has 0 bridgehead atoms. The molecule has 2 aliphatic heterocycles. The number of para-hydroxylation sites is 1. The molecule has 1 fully saturated rings. The van der Waals surface area contributed by atoms with Gasteiger partial charge in [-0.25, -0.2) is 0 Å². The Morgan fingerprint density at radius 3 is 2.72 bits per heavy atom. The fourth-order valence-electron chi connectivity index (χ4n) is 3.84. The van der Waals surface area contributed by atoms with Crippen LogP contribution < -0.4 is 24.8 Å². The Morgan fingerprint density at radius 1 is 1.06 bits per heavy atom. The molecular weight excluding hydrogens is 406 g/mol. The minimum Gasteiger partial charge on any atom is -0.493 e. The molecule has 0 aromatic heterocycles. The highest BCUT2D eigenvalue weighted by Crippen LogP contribution is 2.33. The van der Waals surface area contributed by atoms with Gasteiger partial charge in [0, 0.05) is 50.2 Å². The first-order valence-electron chi connectivity index (χ1n) is 11.3. The standard InChI is InChI=1S/C25H33N3O4/c1-18-7-8-20(23(13-18)32-17-19-9-12-29-16-19)14-27-25(26-2)28-15-21-5-3-6-22-24(21)31-11-4-10-30-22/h3,5-8,13,19H,4,9-12,14-17H2,1-2H3,(H2,26,27,28). The van der Waals surface area contributed by atoms with Crippen molar-refractivity contribution in [1.29, 1.82) is 0 Å². The number of guanidine groups is 1. The summed E-state index contributed by atoms with van der Waals surface area (Å²) < 4.78 is 23.3. The third-order valence-corrected chi connectivity index (χ3v) is 5.69. The summed E-state index contributed by atoms with van der Waals surface area (Å²) in [6.07, 6.45) is 1.95. The molecule has 0 saturated carbocycles. The predicted octanol–water partition coefficient (Wildman–Crippen LogP) is 3.44. The van der Waals surface area contributed by atoms with Gasteiger partial charge in [-0.15, -0.1) is 0 Å². The summed E-state index contributed by atoms with van der Waals surface area (Å²) in [5.41, 5.74) is 3.33. The Labute approximate surface area is 190 Å². The lowest BCUT2D eigenvalue weighted by Gasteiger charge is -2.18. The van der Waals surface area contributed by atoms with E-state index in [0.717, 1.165) is 54.4 Å². The van der Waals surface area contributed by atoms with Crippen molar-refractivity contribution >= 4 is 5.96 Å². The second-order valence-electron chi connectivity index (χ2n) is 8.23. The summed E-state index contributed by atoms with van der Waals surface area (Å²) in [6, 6.07) is 12.3. The molecule has 172 valence electrons. The molecule has 1 saturated heterocycles. The summed E-state index contributed by atoms with van der Waals surface area (Å²) in [6.45, 7) is 6.94. The molecule has 2 aromatic carbocycles. The number of ether oxygens (including phenoxy) is 4. The van der Waals surface area contributed by atoms with Crippen LogP contribution >= 0.6 is 0 Å². The van der Waals surface area contributed by atoms with Gasteiger partial charge in [-0.05, 0) is 31.0 Å². The Kier molecular flexibility index (Phi) is 7.72. The number of benzene rings is 2. The van der Waals surface area contributed by atoms with Gasteiger partial charge in [0.25, 0.3) is 0 Å². The van der Waals surface area contributed by atoms with Crippen molar-refractivity contribution < 1.29 is 18.9 Å². The number of rotatable bonds is 7. The number of nitrogens with one attached hydrogen (secondary N) is 2. The van der Waals surface area contributed by atoms with E-state index < -0.39 is 0 Å². The zero-order valence-corrected chi connectivity index (χ0v) is 19.0. The van der Waals surface area contributed by atoms with Crippen LogP contribution in [-0.4, -0.2) is 46.0 Å². The van der Waals surface area contributed by atoms with E-state index in [0.29, 0.717) is 44.8 Å². The molecule has 0 spiro atoms. The maximum absolute atomic E-state index is 6.16. The molecule has 0 aliphatic carbocycles. The van der Waals surface area contributed by atoms with E-state index in [1.807, 2.05) is 18.2 Å². The molecule has 2 N–H and O–H groups in total. The summed E-state index contributed by atoms with van der Waals surface area (Å²) in [5.74, 6) is 3.72. The summed E-state index contributed by atoms with van der Waals surface area (Å²) in [5, 5.41) is 6.78. The third kappa shape index (κ3) is 5.85. The topological polar surface area (TPSA) is 73.3 Å². The highest BCUT2D eigenvalue weighted by Gasteiger charge is 2.17. The minimum atomic E-state index is 0.470. The number of aryl methyl sites for hydroxylation is 1. The molecule has 2 heterocycles. The summed E-state index contributed by atoms with van der Waals surface area (Å²) in [4.78, 5) is 4.37. The van der Waals surface area contributed by atoms with Crippen LogP contribution in [0.1, 0.15) is 29.5 Å². The molecule has 1 atom stereocenters. The number of nitrogens with zero attached hydrogens (tertiary/aromatic N) is 1. The van der Waals surface area contributed by atoms with Crippen LogP contribution in [0.2, 0.25) is 0 Å². The monoisotopic (exact) mass is 439 g/mol. The quantitative estimate of drug-likeness (QED) is 0.509. The van der Waals surface area contributed by atoms with E-state index in [9.17, 15) is 0 Å². The van der Waals surface area contributed by atoms with Crippen LogP contribution in [0.3, 0.4) is 0 Å². The molecule has 7 nitrogen and oxygen atoms in total. The average Bonchev–Trinajstić information content (AvgIpc) is 3.21. The Morgan fingerprint density at radius 2 is 1.91 bits per heavy atom. The average molecular weight is 440 g/mol. The Bertz CT molecular complexity index is 925. The predicted molar refractivity (Wildman–Crippen MR) is 125 cm³/mol. The van der Waals surface area contributed by atoms with Gasteiger partial charge in [0.1, 0.15) is 5.75 Å². The maximum atomic E-state index is 6.16. The van der Waals surface area contributed by atoms with Gasteiger partial charge >= 0.3 is 0 Å². The fraction of sp³-hybridized carbons (Fsp3) is 0.480. The van der Waals surface area contributed by atoms with Crippen molar-refractivity contribution in [3.05, 3.63) is 53.1 Å². The first-order valence-corrected chi connectivity index (χ1v) is 11.3. The van der Waals surface area contributed by atoms with Gasteiger partial charge in [0.2, 0.25) is 0 Å². The van der Waals surface area contributed by atoms with E-state index >= 15 is 0 Å². The molecule has 32 heavy (non-hydrogen) atoms. The van der Waals surface area contributed by atoms with Crippen molar-refractivity contribution in [3.8, 4) is 17.2 Å². The molecular formula is C25H33N3O4. The van der Waals surface area contributed by atoms with Crippen molar-refractivity contribution in [1.82, 2.24) is 10.6 Å². The van der Waals surface area contributed by atoms with Crippen molar-refractivity contribution in [3.63, 3.8) is 0 Å². The number of fused-ring (bicyclic) bond motifs is 1. The zero-order chi connectivity index (χ0) is 22.2.